The summed E-state index contributed by atoms with van der Waals surface area (Å²) in [5.74, 6) is 0.433. The zero-order chi connectivity index (χ0) is 14.8. The van der Waals surface area contributed by atoms with E-state index in [-0.39, 0.29) is 10.8 Å². The molecule has 0 aliphatic carbocycles. The Morgan fingerprint density at radius 3 is 2.32 bits per heavy atom. The summed E-state index contributed by atoms with van der Waals surface area (Å²) in [5.41, 5.74) is 2.21. The summed E-state index contributed by atoms with van der Waals surface area (Å²) in [6, 6.07) is 0. The number of hydrogen-bond acceptors (Lipinski definition) is 1. The quantitative estimate of drug-likeness (QED) is 0.453. The molecule has 0 saturated heterocycles. The van der Waals surface area contributed by atoms with Crippen molar-refractivity contribution in [3.05, 3.63) is 36.3 Å². The van der Waals surface area contributed by atoms with Gasteiger partial charge in [-0.05, 0) is 0 Å². The molecule has 0 radical (unpaired) electrons. The van der Waals surface area contributed by atoms with Gasteiger partial charge in [0, 0.05) is 30.3 Å². The molecule has 0 amide bonds. The first-order chi connectivity index (χ1) is 8.58. The van der Waals surface area contributed by atoms with Crippen molar-refractivity contribution in [3.63, 3.8) is 0 Å². The summed E-state index contributed by atoms with van der Waals surface area (Å²) >= 11 is 0. The Hall–Kier alpha value is -1.31. The van der Waals surface area contributed by atoms with Crippen molar-refractivity contribution in [2.75, 3.05) is 6.54 Å². The zero-order valence-corrected chi connectivity index (χ0v) is 13.2. The van der Waals surface area contributed by atoms with E-state index in [2.05, 4.69) is 31.9 Å². The van der Waals surface area contributed by atoms with E-state index in [0.29, 0.717) is 5.76 Å². The molecule has 1 heterocycles. The Morgan fingerprint density at radius 1 is 1.37 bits per heavy atom. The van der Waals surface area contributed by atoms with E-state index in [9.17, 15) is 5.11 Å². The molecule has 1 N–H and O–H groups in total. The fraction of sp³-hybridized carbons (Fsp3) is 0.588. The van der Waals surface area contributed by atoms with E-state index < -0.39 is 0 Å². The Kier molecular flexibility index (Phi) is 4.44. The maximum Gasteiger partial charge on any atom is 0.243 e. The van der Waals surface area contributed by atoms with Crippen LogP contribution in [-0.4, -0.2) is 21.9 Å². The van der Waals surface area contributed by atoms with Gasteiger partial charge in [0.05, 0.1) is 0 Å². The van der Waals surface area contributed by atoms with E-state index in [1.165, 1.54) is 5.71 Å². The predicted octanol–water partition coefficient (Wildman–Crippen LogP) is 4.45. The largest absolute Gasteiger partial charge is 0.506 e. The fourth-order valence-corrected chi connectivity index (χ4v) is 2.54. The van der Waals surface area contributed by atoms with Crippen molar-refractivity contribution in [2.24, 2.45) is 10.8 Å². The number of aliphatic hydroxyl groups excluding tert-OH is 1. The smallest absolute Gasteiger partial charge is 0.243 e. The summed E-state index contributed by atoms with van der Waals surface area (Å²) in [6.45, 7) is 17.4. The second-order valence-corrected chi connectivity index (χ2v) is 7.24. The van der Waals surface area contributed by atoms with Crippen LogP contribution in [0.15, 0.2) is 36.3 Å². The minimum atomic E-state index is -0.256. The topological polar surface area (TPSA) is 23.2 Å². The average Bonchev–Trinajstić information content (AvgIpc) is 2.51. The van der Waals surface area contributed by atoms with Crippen molar-refractivity contribution in [2.45, 2.75) is 48.0 Å². The second kappa shape index (κ2) is 5.36. The summed E-state index contributed by atoms with van der Waals surface area (Å²) in [6.07, 6.45) is 6.65. The highest BCUT2D eigenvalue weighted by atomic mass is 16.3. The number of aliphatic hydroxyl groups is 1. The Morgan fingerprint density at radius 2 is 1.95 bits per heavy atom. The molecule has 1 aliphatic heterocycles. The van der Waals surface area contributed by atoms with Gasteiger partial charge >= 0.3 is 0 Å². The summed E-state index contributed by atoms with van der Waals surface area (Å²) < 4.78 is 2.24. The van der Waals surface area contributed by atoms with Gasteiger partial charge in [-0.2, -0.15) is 4.58 Å². The molecular weight excluding hydrogens is 234 g/mol. The Bertz CT molecular complexity index is 456. The van der Waals surface area contributed by atoms with Crippen LogP contribution in [-0.2, 0) is 0 Å². The van der Waals surface area contributed by atoms with E-state index in [1.54, 1.807) is 6.08 Å². The molecule has 0 aromatic heterocycles. The van der Waals surface area contributed by atoms with Gasteiger partial charge in [0.2, 0.25) is 5.70 Å². The molecule has 0 atom stereocenters. The lowest BCUT2D eigenvalue weighted by molar-refractivity contribution is -0.477. The molecule has 0 saturated carbocycles. The van der Waals surface area contributed by atoms with Gasteiger partial charge < -0.3 is 5.11 Å². The molecule has 0 aromatic carbocycles. The maximum absolute atomic E-state index is 10.6. The van der Waals surface area contributed by atoms with Gasteiger partial charge in [-0.15, -0.1) is 0 Å². The highest BCUT2D eigenvalue weighted by Crippen LogP contribution is 2.33. The third-order valence-corrected chi connectivity index (χ3v) is 3.42. The molecule has 0 unspecified atom stereocenters. The Labute approximate surface area is 117 Å². The van der Waals surface area contributed by atoms with E-state index in [4.69, 9.17) is 0 Å². The van der Waals surface area contributed by atoms with Crippen LogP contribution in [0.5, 0.6) is 0 Å². The van der Waals surface area contributed by atoms with Crippen LogP contribution in [0.25, 0.3) is 0 Å². The van der Waals surface area contributed by atoms with Gasteiger partial charge in [-0.1, -0.05) is 53.3 Å². The number of rotatable bonds is 3. The molecule has 0 bridgehead atoms. The van der Waals surface area contributed by atoms with Crippen LogP contribution in [0.2, 0.25) is 0 Å². The molecule has 0 fully saturated rings. The number of hydrogen-bond donors (Lipinski definition) is 1. The SMILES string of the molecule is C=C/C=C/C(=C(\O)C(C)(C)C)[N+]1=C(C)CC(C)(C)C1. The highest BCUT2D eigenvalue weighted by molar-refractivity contribution is 5.79. The first kappa shape index (κ1) is 15.7. The zero-order valence-electron chi connectivity index (χ0n) is 13.2. The summed E-state index contributed by atoms with van der Waals surface area (Å²) in [7, 11) is 0. The van der Waals surface area contributed by atoms with Crippen LogP contribution < -0.4 is 0 Å². The third kappa shape index (κ3) is 3.82. The number of allylic oxidation sites excluding steroid dienone is 4. The molecule has 1 rings (SSSR count). The Balaban J connectivity index is 3.32. The second-order valence-electron chi connectivity index (χ2n) is 7.24. The van der Waals surface area contributed by atoms with Crippen LogP contribution in [0.4, 0.5) is 0 Å². The summed E-state index contributed by atoms with van der Waals surface area (Å²) in [4.78, 5) is 0. The van der Waals surface area contributed by atoms with E-state index in [1.807, 2.05) is 32.9 Å². The van der Waals surface area contributed by atoms with Crippen LogP contribution in [0.1, 0.15) is 48.0 Å². The molecule has 1 aliphatic rings. The van der Waals surface area contributed by atoms with Crippen LogP contribution in [0, 0.1) is 10.8 Å². The standard InChI is InChI=1S/C17H27NO/c1-8-9-10-14(15(19)16(3,4)5)18-12-17(6,7)11-13(18)2/h8-10H,1,11-12H2,2-7H3/p+1/b10-9+,15-14+. The number of nitrogens with zero attached hydrogens (tertiary/aromatic N) is 1. The molecule has 19 heavy (non-hydrogen) atoms. The van der Waals surface area contributed by atoms with Crippen LogP contribution >= 0.6 is 0 Å². The molecule has 2 heteroatoms. The van der Waals surface area contributed by atoms with Gasteiger partial charge in [-0.3, -0.25) is 0 Å². The normalized spacial score (nSPS) is 20.9. The van der Waals surface area contributed by atoms with Crippen molar-refractivity contribution in [1.29, 1.82) is 0 Å². The molecule has 0 aromatic rings. The molecular formula is C17H28NO+. The van der Waals surface area contributed by atoms with Crippen molar-refractivity contribution in [1.82, 2.24) is 0 Å². The lowest BCUT2D eigenvalue weighted by Crippen LogP contribution is -2.22. The van der Waals surface area contributed by atoms with Gasteiger partial charge in [0.15, 0.2) is 18.0 Å². The minimum absolute atomic E-state index is 0.256. The average molecular weight is 262 g/mol. The van der Waals surface area contributed by atoms with Gasteiger partial charge in [0.25, 0.3) is 0 Å². The lowest BCUT2D eigenvalue weighted by atomic mass is 9.90. The predicted molar refractivity (Wildman–Crippen MR) is 82.7 cm³/mol. The van der Waals surface area contributed by atoms with E-state index >= 15 is 0 Å². The molecule has 2 nitrogen and oxygen atoms in total. The fourth-order valence-electron chi connectivity index (χ4n) is 2.54. The van der Waals surface area contributed by atoms with Crippen molar-refractivity contribution in [3.8, 4) is 0 Å². The first-order valence-corrected chi connectivity index (χ1v) is 6.91. The van der Waals surface area contributed by atoms with Crippen molar-refractivity contribution >= 4 is 5.71 Å². The minimum Gasteiger partial charge on any atom is -0.506 e. The molecule has 0 spiro atoms. The maximum atomic E-state index is 10.6. The first-order valence-electron chi connectivity index (χ1n) is 6.91. The highest BCUT2D eigenvalue weighted by Gasteiger charge is 2.39. The van der Waals surface area contributed by atoms with Crippen molar-refractivity contribution < 1.29 is 9.68 Å². The monoisotopic (exact) mass is 262 g/mol. The van der Waals surface area contributed by atoms with Gasteiger partial charge in [0.1, 0.15) is 0 Å². The third-order valence-electron chi connectivity index (χ3n) is 3.42. The lowest BCUT2D eigenvalue weighted by Gasteiger charge is -2.19. The molecule has 106 valence electrons. The van der Waals surface area contributed by atoms with E-state index in [0.717, 1.165) is 18.7 Å². The van der Waals surface area contributed by atoms with Gasteiger partial charge in [-0.25, -0.2) is 0 Å². The van der Waals surface area contributed by atoms with Crippen LogP contribution in [0.3, 0.4) is 0 Å². The summed E-state index contributed by atoms with van der Waals surface area (Å²) in [5, 5.41) is 10.6.